The van der Waals surface area contributed by atoms with E-state index in [-0.39, 0.29) is 5.97 Å². The summed E-state index contributed by atoms with van der Waals surface area (Å²) in [6.07, 6.45) is 2.49. The molecule has 0 bridgehead atoms. The Kier molecular flexibility index (Phi) is 5.14. The number of ether oxygens (including phenoxy) is 1. The molecule has 0 radical (unpaired) electrons. The minimum absolute atomic E-state index is 0.322. The van der Waals surface area contributed by atoms with Crippen molar-refractivity contribution in [3.63, 3.8) is 0 Å². The monoisotopic (exact) mass is 375 g/mol. The van der Waals surface area contributed by atoms with Gasteiger partial charge in [-0.2, -0.15) is 10.1 Å². The maximum absolute atomic E-state index is 12.2. The van der Waals surface area contributed by atoms with Crippen molar-refractivity contribution in [3.05, 3.63) is 71.4 Å². The van der Waals surface area contributed by atoms with Crippen molar-refractivity contribution in [3.8, 4) is 0 Å². The van der Waals surface area contributed by atoms with E-state index in [1.807, 2.05) is 18.2 Å². The normalized spacial score (nSPS) is 13.0. The molecule has 1 aliphatic heterocycles. The molecule has 0 spiro atoms. The second-order valence-corrected chi connectivity index (χ2v) is 6.47. The van der Waals surface area contributed by atoms with Gasteiger partial charge in [0.2, 0.25) is 5.95 Å². The number of hydrogen-bond donors (Lipinski definition) is 1. The van der Waals surface area contributed by atoms with E-state index in [9.17, 15) is 4.79 Å². The smallest absolute Gasteiger partial charge is 0.340 e. The lowest BCUT2D eigenvalue weighted by Crippen LogP contribution is -2.32. The number of nitrogens with zero attached hydrogens (tertiary/aromatic N) is 4. The first-order valence-corrected chi connectivity index (χ1v) is 9.29. The van der Waals surface area contributed by atoms with Crippen LogP contribution in [0.25, 0.3) is 0 Å². The highest BCUT2D eigenvalue weighted by atomic mass is 16.5. The summed E-state index contributed by atoms with van der Waals surface area (Å²) in [5.74, 6) is 0.717. The van der Waals surface area contributed by atoms with Crippen LogP contribution in [-0.2, 0) is 17.7 Å². The van der Waals surface area contributed by atoms with Gasteiger partial charge in [0.15, 0.2) is 5.82 Å². The summed E-state index contributed by atoms with van der Waals surface area (Å²) in [4.78, 5) is 18.9. The third-order valence-electron chi connectivity index (χ3n) is 4.65. The molecule has 7 heteroatoms. The second kappa shape index (κ2) is 8.04. The standard InChI is InChI=1S/C21H21N5O2/c1-2-28-20(27)17-9-5-6-10-18(17)23-19-13-22-25-21(24-19)26-12-11-15-7-3-4-8-16(15)14-26/h3-10,13H,2,11-12,14H2,1H3,(H,23,24,25). The van der Waals surface area contributed by atoms with E-state index >= 15 is 0 Å². The molecular formula is C21H21N5O2. The second-order valence-electron chi connectivity index (χ2n) is 6.47. The Balaban J connectivity index is 1.55. The van der Waals surface area contributed by atoms with Crippen LogP contribution in [0, 0.1) is 0 Å². The van der Waals surface area contributed by atoms with E-state index < -0.39 is 0 Å². The number of aromatic nitrogens is 3. The summed E-state index contributed by atoms with van der Waals surface area (Å²) >= 11 is 0. The molecule has 0 saturated heterocycles. The maximum Gasteiger partial charge on any atom is 0.340 e. The van der Waals surface area contributed by atoms with Crippen molar-refractivity contribution >= 4 is 23.4 Å². The van der Waals surface area contributed by atoms with Gasteiger partial charge in [-0.05, 0) is 36.6 Å². The zero-order valence-electron chi connectivity index (χ0n) is 15.6. The summed E-state index contributed by atoms with van der Waals surface area (Å²) in [5, 5.41) is 11.5. The number of esters is 1. The minimum atomic E-state index is -0.375. The van der Waals surface area contributed by atoms with Gasteiger partial charge >= 0.3 is 5.97 Å². The molecule has 2 aromatic carbocycles. The summed E-state index contributed by atoms with van der Waals surface area (Å²) in [6.45, 7) is 3.69. The fraction of sp³-hybridized carbons (Fsp3) is 0.238. The lowest BCUT2D eigenvalue weighted by Gasteiger charge is -2.28. The van der Waals surface area contributed by atoms with Crippen molar-refractivity contribution < 1.29 is 9.53 Å². The molecule has 0 fully saturated rings. The topological polar surface area (TPSA) is 80.2 Å². The molecule has 4 rings (SSSR count). The highest BCUT2D eigenvalue weighted by Crippen LogP contribution is 2.24. The summed E-state index contributed by atoms with van der Waals surface area (Å²) in [6, 6.07) is 15.6. The van der Waals surface area contributed by atoms with Gasteiger partial charge in [0, 0.05) is 13.1 Å². The summed E-state index contributed by atoms with van der Waals surface area (Å²) in [7, 11) is 0. The number of hydrogen-bond acceptors (Lipinski definition) is 7. The first kappa shape index (κ1) is 17.9. The first-order valence-electron chi connectivity index (χ1n) is 9.29. The van der Waals surface area contributed by atoms with Crippen molar-refractivity contribution in [2.45, 2.75) is 19.9 Å². The number of para-hydroxylation sites is 1. The molecule has 0 saturated carbocycles. The Morgan fingerprint density at radius 1 is 1.14 bits per heavy atom. The van der Waals surface area contributed by atoms with Crippen LogP contribution < -0.4 is 10.2 Å². The Labute approximate surface area is 163 Å². The van der Waals surface area contributed by atoms with E-state index in [4.69, 9.17) is 4.74 Å². The van der Waals surface area contributed by atoms with Gasteiger partial charge in [0.1, 0.15) is 0 Å². The molecule has 7 nitrogen and oxygen atoms in total. The van der Waals surface area contributed by atoms with Gasteiger partial charge in [0.25, 0.3) is 0 Å². The molecule has 1 N–H and O–H groups in total. The Morgan fingerprint density at radius 3 is 2.79 bits per heavy atom. The molecule has 1 aromatic heterocycles. The van der Waals surface area contributed by atoms with Crippen LogP contribution in [0.2, 0.25) is 0 Å². The number of carbonyl (C=O) groups excluding carboxylic acids is 1. The van der Waals surface area contributed by atoms with Crippen LogP contribution in [0.4, 0.5) is 17.5 Å². The quantitative estimate of drug-likeness (QED) is 0.685. The summed E-state index contributed by atoms with van der Waals surface area (Å²) < 4.78 is 5.12. The molecule has 28 heavy (non-hydrogen) atoms. The van der Waals surface area contributed by atoms with Gasteiger partial charge in [-0.3, -0.25) is 0 Å². The summed E-state index contributed by atoms with van der Waals surface area (Å²) in [5.41, 5.74) is 3.72. The largest absolute Gasteiger partial charge is 0.462 e. The number of benzene rings is 2. The van der Waals surface area contributed by atoms with E-state index in [1.54, 1.807) is 25.3 Å². The molecule has 3 aromatic rings. The Bertz CT molecular complexity index is 992. The number of anilines is 3. The average molecular weight is 375 g/mol. The molecule has 2 heterocycles. The molecule has 1 aliphatic rings. The van der Waals surface area contributed by atoms with Crippen LogP contribution in [0.1, 0.15) is 28.4 Å². The Morgan fingerprint density at radius 2 is 1.93 bits per heavy atom. The molecule has 0 amide bonds. The van der Waals surface area contributed by atoms with Gasteiger partial charge in [-0.15, -0.1) is 5.10 Å². The van der Waals surface area contributed by atoms with E-state index in [2.05, 4.69) is 43.6 Å². The number of carbonyl (C=O) groups is 1. The fourth-order valence-corrected chi connectivity index (χ4v) is 3.27. The van der Waals surface area contributed by atoms with Crippen molar-refractivity contribution in [1.29, 1.82) is 0 Å². The zero-order valence-corrected chi connectivity index (χ0v) is 15.6. The van der Waals surface area contributed by atoms with Crippen molar-refractivity contribution in [2.75, 3.05) is 23.4 Å². The zero-order chi connectivity index (χ0) is 19.3. The highest BCUT2D eigenvalue weighted by Gasteiger charge is 2.19. The lowest BCUT2D eigenvalue weighted by molar-refractivity contribution is 0.0527. The molecule has 0 atom stereocenters. The van der Waals surface area contributed by atoms with E-state index in [1.165, 1.54) is 11.1 Å². The number of nitrogens with one attached hydrogen (secondary N) is 1. The number of fused-ring (bicyclic) bond motifs is 1. The lowest BCUT2D eigenvalue weighted by atomic mass is 10.0. The van der Waals surface area contributed by atoms with Crippen molar-refractivity contribution in [1.82, 2.24) is 15.2 Å². The van der Waals surface area contributed by atoms with E-state index in [0.29, 0.717) is 29.6 Å². The minimum Gasteiger partial charge on any atom is -0.462 e. The molecule has 0 aliphatic carbocycles. The van der Waals surface area contributed by atoms with E-state index in [0.717, 1.165) is 19.5 Å². The van der Waals surface area contributed by atoms with Crippen LogP contribution in [0.5, 0.6) is 0 Å². The molecule has 0 unspecified atom stereocenters. The van der Waals surface area contributed by atoms with Gasteiger partial charge in [-0.1, -0.05) is 36.4 Å². The van der Waals surface area contributed by atoms with Crippen molar-refractivity contribution in [2.24, 2.45) is 0 Å². The van der Waals surface area contributed by atoms with Gasteiger partial charge in [0.05, 0.1) is 24.1 Å². The maximum atomic E-state index is 12.2. The van der Waals surface area contributed by atoms with Crippen LogP contribution in [-0.4, -0.2) is 34.3 Å². The number of rotatable bonds is 5. The predicted octanol–water partition coefficient (Wildman–Crippen LogP) is 3.35. The molecule has 142 valence electrons. The van der Waals surface area contributed by atoms with Crippen LogP contribution in [0.3, 0.4) is 0 Å². The third kappa shape index (κ3) is 3.78. The van der Waals surface area contributed by atoms with Gasteiger partial charge in [-0.25, -0.2) is 4.79 Å². The first-order chi connectivity index (χ1) is 13.7. The SMILES string of the molecule is CCOC(=O)c1ccccc1Nc1cnnc(N2CCc3ccccc3C2)n1. The fourth-order valence-electron chi connectivity index (χ4n) is 3.27. The molecular weight excluding hydrogens is 354 g/mol. The third-order valence-corrected chi connectivity index (χ3v) is 4.65. The predicted molar refractivity (Wildman–Crippen MR) is 107 cm³/mol. The average Bonchev–Trinajstić information content (AvgIpc) is 2.74. The van der Waals surface area contributed by atoms with Gasteiger partial charge < -0.3 is 15.0 Å². The highest BCUT2D eigenvalue weighted by molar-refractivity contribution is 5.96. The van der Waals surface area contributed by atoms with Crippen LogP contribution >= 0.6 is 0 Å². The Hall–Kier alpha value is -3.48. The van der Waals surface area contributed by atoms with Crippen LogP contribution in [0.15, 0.2) is 54.7 Å².